The molecule has 0 aromatic rings. The number of ether oxygens (including phenoxy) is 2. The van der Waals surface area contributed by atoms with Crippen molar-refractivity contribution in [2.75, 3.05) is 20.2 Å². The first-order valence-electron chi connectivity index (χ1n) is 7.14. The van der Waals surface area contributed by atoms with E-state index in [4.69, 9.17) is 9.47 Å². The minimum Gasteiger partial charge on any atom is -0.493 e. The summed E-state index contributed by atoms with van der Waals surface area (Å²) in [5.74, 6) is -0.252. The summed E-state index contributed by atoms with van der Waals surface area (Å²) in [6, 6.07) is 0. The van der Waals surface area contributed by atoms with Crippen molar-refractivity contribution in [2.24, 2.45) is 5.92 Å². The molecule has 1 heterocycles. The fourth-order valence-electron chi connectivity index (χ4n) is 2.46. The first-order valence-corrected chi connectivity index (χ1v) is 7.14. The summed E-state index contributed by atoms with van der Waals surface area (Å²) in [4.78, 5) is 36.5. The van der Waals surface area contributed by atoms with E-state index in [1.807, 2.05) is 0 Å². The first-order chi connectivity index (χ1) is 10.4. The number of ketones is 1. The van der Waals surface area contributed by atoms with E-state index in [9.17, 15) is 14.4 Å². The molecule has 2 atom stereocenters. The molecule has 1 saturated heterocycles. The standard InChI is InChI=1S/C15H20N2O5/c1-9-6-11(4-5-13(21-3)14(9)19)17-8-12(22-15(17)20)7-16-10(2)18/h4-5,9,12H,6-8H2,1-3H3,(H,16,18)/t9?,12-/m0/s1. The largest absolute Gasteiger partial charge is 0.493 e. The number of hydrogen-bond donors (Lipinski definition) is 1. The fraction of sp³-hybridized carbons (Fsp3) is 0.533. The van der Waals surface area contributed by atoms with Crippen LogP contribution in [-0.2, 0) is 19.1 Å². The highest BCUT2D eigenvalue weighted by molar-refractivity contribution is 5.96. The maximum atomic E-state index is 12.1. The van der Waals surface area contributed by atoms with Crippen molar-refractivity contribution < 1.29 is 23.9 Å². The molecule has 0 saturated carbocycles. The van der Waals surface area contributed by atoms with Crippen LogP contribution in [-0.4, -0.2) is 49.0 Å². The molecule has 1 N–H and O–H groups in total. The van der Waals surface area contributed by atoms with Gasteiger partial charge >= 0.3 is 6.09 Å². The highest BCUT2D eigenvalue weighted by Gasteiger charge is 2.35. The lowest BCUT2D eigenvalue weighted by Crippen LogP contribution is -2.33. The molecule has 0 aromatic carbocycles. The van der Waals surface area contributed by atoms with Crippen molar-refractivity contribution in [3.8, 4) is 0 Å². The number of amides is 2. The van der Waals surface area contributed by atoms with E-state index in [0.717, 1.165) is 0 Å². The summed E-state index contributed by atoms with van der Waals surface area (Å²) >= 11 is 0. The average Bonchev–Trinajstić information content (AvgIpc) is 2.78. The number of cyclic esters (lactones) is 1. The number of nitrogens with one attached hydrogen (secondary N) is 1. The quantitative estimate of drug-likeness (QED) is 0.836. The second kappa shape index (κ2) is 6.64. The lowest BCUT2D eigenvalue weighted by Gasteiger charge is -2.18. The van der Waals surface area contributed by atoms with Gasteiger partial charge < -0.3 is 14.8 Å². The van der Waals surface area contributed by atoms with Crippen LogP contribution < -0.4 is 5.32 Å². The van der Waals surface area contributed by atoms with Gasteiger partial charge in [-0.3, -0.25) is 14.5 Å². The molecule has 7 heteroatoms. The van der Waals surface area contributed by atoms with E-state index in [1.54, 1.807) is 19.1 Å². The van der Waals surface area contributed by atoms with Crippen molar-refractivity contribution in [3.63, 3.8) is 0 Å². The number of allylic oxidation sites excluding steroid dienone is 4. The molecule has 0 bridgehead atoms. The summed E-state index contributed by atoms with van der Waals surface area (Å²) in [6.45, 7) is 3.83. The minimum atomic E-state index is -0.462. The second-order valence-electron chi connectivity index (χ2n) is 5.42. The summed E-state index contributed by atoms with van der Waals surface area (Å²) in [5, 5.41) is 2.63. The summed E-state index contributed by atoms with van der Waals surface area (Å²) < 4.78 is 10.3. The number of carbonyl (C=O) groups is 3. The molecule has 1 unspecified atom stereocenters. The Morgan fingerprint density at radius 1 is 1.45 bits per heavy atom. The Morgan fingerprint density at radius 2 is 2.18 bits per heavy atom. The molecule has 1 aliphatic carbocycles. The lowest BCUT2D eigenvalue weighted by atomic mass is 10.0. The topological polar surface area (TPSA) is 84.9 Å². The van der Waals surface area contributed by atoms with E-state index in [2.05, 4.69) is 5.32 Å². The highest BCUT2D eigenvalue weighted by Crippen LogP contribution is 2.27. The zero-order chi connectivity index (χ0) is 16.3. The lowest BCUT2D eigenvalue weighted by molar-refractivity contribution is -0.121. The van der Waals surface area contributed by atoms with Gasteiger partial charge in [0.15, 0.2) is 5.76 Å². The van der Waals surface area contributed by atoms with Crippen molar-refractivity contribution >= 4 is 17.8 Å². The second-order valence-corrected chi connectivity index (χ2v) is 5.42. The predicted molar refractivity (Wildman–Crippen MR) is 77.6 cm³/mol. The van der Waals surface area contributed by atoms with Gasteiger partial charge in [0.1, 0.15) is 6.10 Å². The number of Topliss-reactive ketones (excluding diaryl/α,β-unsaturated/α-hetero) is 1. The van der Waals surface area contributed by atoms with Crippen LogP contribution in [0.1, 0.15) is 20.3 Å². The van der Waals surface area contributed by atoms with E-state index < -0.39 is 12.2 Å². The van der Waals surface area contributed by atoms with Crippen LogP contribution in [0.5, 0.6) is 0 Å². The van der Waals surface area contributed by atoms with Gasteiger partial charge in [0.05, 0.1) is 20.2 Å². The van der Waals surface area contributed by atoms with Gasteiger partial charge in [-0.2, -0.15) is 0 Å². The maximum absolute atomic E-state index is 12.1. The average molecular weight is 308 g/mol. The number of methoxy groups -OCH3 is 1. The Labute approximate surface area is 128 Å². The van der Waals surface area contributed by atoms with Crippen molar-refractivity contribution in [1.82, 2.24) is 10.2 Å². The van der Waals surface area contributed by atoms with E-state index in [0.29, 0.717) is 18.7 Å². The zero-order valence-corrected chi connectivity index (χ0v) is 12.9. The Bertz CT molecular complexity index is 552. The molecule has 22 heavy (non-hydrogen) atoms. The van der Waals surface area contributed by atoms with Gasteiger partial charge in [0.25, 0.3) is 0 Å². The molecular weight excluding hydrogens is 288 g/mol. The van der Waals surface area contributed by atoms with Crippen LogP contribution in [0.4, 0.5) is 4.79 Å². The van der Waals surface area contributed by atoms with Crippen molar-refractivity contribution in [1.29, 1.82) is 0 Å². The zero-order valence-electron chi connectivity index (χ0n) is 12.9. The molecule has 1 fully saturated rings. The number of carbonyl (C=O) groups excluding carboxylic acids is 3. The molecule has 0 aromatic heterocycles. The predicted octanol–water partition coefficient (Wildman–Crippen LogP) is 0.966. The van der Waals surface area contributed by atoms with Gasteiger partial charge in [-0.25, -0.2) is 4.79 Å². The highest BCUT2D eigenvalue weighted by atomic mass is 16.6. The summed E-state index contributed by atoms with van der Waals surface area (Å²) in [6.07, 6.45) is 2.87. The number of rotatable bonds is 4. The number of nitrogens with zero attached hydrogens (tertiary/aromatic N) is 1. The van der Waals surface area contributed by atoms with Crippen molar-refractivity contribution in [2.45, 2.75) is 26.4 Å². The third-order valence-corrected chi connectivity index (χ3v) is 3.65. The Morgan fingerprint density at radius 3 is 2.82 bits per heavy atom. The van der Waals surface area contributed by atoms with Crippen molar-refractivity contribution in [3.05, 3.63) is 23.6 Å². The van der Waals surface area contributed by atoms with Gasteiger partial charge in [-0.1, -0.05) is 6.92 Å². The molecule has 2 aliphatic rings. The SMILES string of the molecule is COC1=CC=C(N2C[C@H](CNC(C)=O)OC2=O)CC(C)C1=O. The molecule has 120 valence electrons. The number of hydrogen-bond acceptors (Lipinski definition) is 5. The van der Waals surface area contributed by atoms with Crippen LogP contribution in [0.2, 0.25) is 0 Å². The molecular formula is C15H20N2O5. The minimum absolute atomic E-state index is 0.0869. The first kappa shape index (κ1) is 16.1. The monoisotopic (exact) mass is 308 g/mol. The van der Waals surface area contributed by atoms with E-state index >= 15 is 0 Å². The van der Waals surface area contributed by atoms with Crippen LogP contribution >= 0.6 is 0 Å². The molecule has 0 radical (unpaired) electrons. The van der Waals surface area contributed by atoms with Gasteiger partial charge in [0, 0.05) is 18.5 Å². The molecule has 2 amide bonds. The summed E-state index contributed by atoms with van der Waals surface area (Å²) in [5.41, 5.74) is 0.711. The maximum Gasteiger partial charge on any atom is 0.414 e. The van der Waals surface area contributed by atoms with E-state index in [1.165, 1.54) is 18.9 Å². The molecule has 7 nitrogen and oxygen atoms in total. The summed E-state index contributed by atoms with van der Waals surface area (Å²) in [7, 11) is 1.45. The normalized spacial score (nSPS) is 25.1. The smallest absolute Gasteiger partial charge is 0.414 e. The van der Waals surface area contributed by atoms with Gasteiger partial charge in [0.2, 0.25) is 11.7 Å². The Hall–Kier alpha value is -2.31. The molecule has 0 spiro atoms. The van der Waals surface area contributed by atoms with Crippen LogP contribution in [0, 0.1) is 5.92 Å². The van der Waals surface area contributed by atoms with Gasteiger partial charge in [-0.05, 0) is 18.6 Å². The molecule has 2 rings (SSSR count). The third kappa shape index (κ3) is 3.47. The van der Waals surface area contributed by atoms with E-state index in [-0.39, 0.29) is 29.9 Å². The fourth-order valence-corrected chi connectivity index (χ4v) is 2.46. The van der Waals surface area contributed by atoms with Crippen LogP contribution in [0.25, 0.3) is 0 Å². The van der Waals surface area contributed by atoms with Gasteiger partial charge in [-0.15, -0.1) is 0 Å². The van der Waals surface area contributed by atoms with Crippen LogP contribution in [0.15, 0.2) is 23.6 Å². The Kier molecular flexibility index (Phi) is 4.85. The Balaban J connectivity index is 2.09. The third-order valence-electron chi connectivity index (χ3n) is 3.65. The molecule has 1 aliphatic heterocycles. The van der Waals surface area contributed by atoms with Crippen LogP contribution in [0.3, 0.4) is 0 Å².